The topological polar surface area (TPSA) is 64.7 Å². The maximum absolute atomic E-state index is 14.4. The van der Waals surface area contributed by atoms with Crippen LogP contribution in [-0.4, -0.2) is 37.9 Å². The van der Waals surface area contributed by atoms with Crippen molar-refractivity contribution in [2.24, 2.45) is 0 Å². The van der Waals surface area contributed by atoms with Gasteiger partial charge in [0.2, 0.25) is 0 Å². The molecule has 2 heterocycles. The molecule has 39 heavy (non-hydrogen) atoms. The summed E-state index contributed by atoms with van der Waals surface area (Å²) >= 11 is 0. The summed E-state index contributed by atoms with van der Waals surface area (Å²) in [5.41, 5.74) is 3.31. The molecule has 0 fully saturated rings. The van der Waals surface area contributed by atoms with E-state index < -0.39 is 11.7 Å². The van der Waals surface area contributed by atoms with Crippen molar-refractivity contribution in [1.82, 2.24) is 5.32 Å². The Labute approximate surface area is 226 Å². The number of nitrogens with zero attached hydrogens (tertiary/aromatic N) is 2. The van der Waals surface area contributed by atoms with Crippen LogP contribution in [0.1, 0.15) is 12.0 Å². The smallest absolute Gasteiger partial charge is 0.263 e. The summed E-state index contributed by atoms with van der Waals surface area (Å²) in [6.07, 6.45) is 1.12. The summed E-state index contributed by atoms with van der Waals surface area (Å²) in [6.45, 7) is 2.52. The Morgan fingerprint density at radius 1 is 0.846 bits per heavy atom. The molecule has 2 aliphatic heterocycles. The van der Waals surface area contributed by atoms with E-state index in [0.717, 1.165) is 35.1 Å². The number of nitrogens with one attached hydrogen (secondary N) is 2. The SMILES string of the molecule is O=C1CCN2C(=C1C(=O)Nc1ccccc1F)N(CCNCCc1ccccc1)c1cc3ccccc3cc12. The van der Waals surface area contributed by atoms with Crippen LogP contribution in [0.25, 0.3) is 10.8 Å². The third-order valence-corrected chi connectivity index (χ3v) is 7.30. The van der Waals surface area contributed by atoms with E-state index >= 15 is 0 Å². The third kappa shape index (κ3) is 4.89. The maximum Gasteiger partial charge on any atom is 0.263 e. The standard InChI is InChI=1S/C32H29FN4O2/c33-25-12-6-7-13-26(25)35-31(39)30-29(38)15-18-36-27-20-23-10-4-5-11-24(23)21-28(27)37(32(30)36)19-17-34-16-14-22-8-2-1-3-9-22/h1-13,20-21,34H,14-19H2,(H,35,39). The summed E-state index contributed by atoms with van der Waals surface area (Å²) in [6, 6.07) is 28.7. The van der Waals surface area contributed by atoms with Gasteiger partial charge in [0.05, 0.1) is 17.1 Å². The van der Waals surface area contributed by atoms with Gasteiger partial charge in [-0.25, -0.2) is 4.39 Å². The second-order valence-electron chi connectivity index (χ2n) is 9.78. The Hall–Kier alpha value is -4.49. The number of benzene rings is 4. The number of Topliss-reactive ketones (excluding diaryl/α,β-unsaturated/α-hetero) is 1. The minimum atomic E-state index is -0.593. The zero-order valence-corrected chi connectivity index (χ0v) is 21.5. The fourth-order valence-electron chi connectivity index (χ4n) is 5.38. The molecule has 0 aliphatic carbocycles. The average molecular weight is 521 g/mol. The summed E-state index contributed by atoms with van der Waals surface area (Å²) in [5, 5.41) is 8.32. The molecule has 2 aliphatic rings. The Morgan fingerprint density at radius 3 is 2.31 bits per heavy atom. The van der Waals surface area contributed by atoms with Crippen molar-refractivity contribution < 1.29 is 14.0 Å². The molecule has 4 aromatic rings. The highest BCUT2D eigenvalue weighted by molar-refractivity contribution is 6.26. The van der Waals surface area contributed by atoms with E-state index in [-0.39, 0.29) is 23.5 Å². The van der Waals surface area contributed by atoms with Crippen LogP contribution in [0.4, 0.5) is 21.5 Å². The fraction of sp³-hybridized carbons (Fsp3) is 0.188. The van der Waals surface area contributed by atoms with E-state index in [1.807, 2.05) is 30.3 Å². The predicted molar refractivity (Wildman–Crippen MR) is 153 cm³/mol. The van der Waals surface area contributed by atoms with E-state index in [1.54, 1.807) is 12.1 Å². The number of anilines is 3. The number of para-hydroxylation sites is 1. The Kier molecular flexibility index (Phi) is 6.82. The minimum Gasteiger partial charge on any atom is -0.325 e. The van der Waals surface area contributed by atoms with Gasteiger partial charge in [-0.15, -0.1) is 0 Å². The van der Waals surface area contributed by atoms with Crippen LogP contribution >= 0.6 is 0 Å². The minimum absolute atomic E-state index is 0.0518. The van der Waals surface area contributed by atoms with Gasteiger partial charge in [-0.05, 0) is 53.6 Å². The van der Waals surface area contributed by atoms with Crippen LogP contribution in [0, 0.1) is 5.82 Å². The van der Waals surface area contributed by atoms with Gasteiger partial charge < -0.3 is 20.4 Å². The van der Waals surface area contributed by atoms with E-state index in [1.165, 1.54) is 17.7 Å². The number of halogens is 1. The first-order chi connectivity index (χ1) is 19.1. The first-order valence-electron chi connectivity index (χ1n) is 13.3. The van der Waals surface area contributed by atoms with Crippen LogP contribution in [0.2, 0.25) is 0 Å². The highest BCUT2D eigenvalue weighted by Gasteiger charge is 2.41. The number of hydrogen-bond donors (Lipinski definition) is 2. The monoisotopic (exact) mass is 520 g/mol. The van der Waals surface area contributed by atoms with Gasteiger partial charge in [0.1, 0.15) is 17.2 Å². The largest absolute Gasteiger partial charge is 0.325 e. The van der Waals surface area contributed by atoms with Gasteiger partial charge in [-0.3, -0.25) is 9.59 Å². The fourth-order valence-corrected chi connectivity index (χ4v) is 5.38. The van der Waals surface area contributed by atoms with Crippen LogP contribution in [0.5, 0.6) is 0 Å². The van der Waals surface area contributed by atoms with Gasteiger partial charge in [0, 0.05) is 26.1 Å². The van der Waals surface area contributed by atoms with E-state index in [0.29, 0.717) is 25.5 Å². The number of fused-ring (bicyclic) bond motifs is 4. The molecular weight excluding hydrogens is 491 g/mol. The average Bonchev–Trinajstić information content (AvgIpc) is 3.25. The van der Waals surface area contributed by atoms with Crippen molar-refractivity contribution >= 4 is 39.5 Å². The van der Waals surface area contributed by atoms with Crippen molar-refractivity contribution in [2.45, 2.75) is 12.8 Å². The van der Waals surface area contributed by atoms with Crippen molar-refractivity contribution in [2.75, 3.05) is 41.3 Å². The van der Waals surface area contributed by atoms with Crippen molar-refractivity contribution in [3.8, 4) is 0 Å². The van der Waals surface area contributed by atoms with Crippen LogP contribution < -0.4 is 20.4 Å². The molecule has 0 spiro atoms. The number of rotatable bonds is 8. The first kappa shape index (κ1) is 24.8. The molecule has 0 saturated heterocycles. The molecular formula is C32H29FN4O2. The second-order valence-corrected chi connectivity index (χ2v) is 9.78. The quantitative estimate of drug-likeness (QED) is 0.245. The van der Waals surface area contributed by atoms with Crippen LogP contribution in [0.3, 0.4) is 0 Å². The lowest BCUT2D eigenvalue weighted by Gasteiger charge is -2.31. The molecule has 6 rings (SSSR count). The highest BCUT2D eigenvalue weighted by Crippen LogP contribution is 2.46. The number of amides is 1. The van der Waals surface area contributed by atoms with Crippen LogP contribution in [-0.2, 0) is 16.0 Å². The maximum atomic E-state index is 14.4. The Balaban J connectivity index is 1.33. The molecule has 7 heteroatoms. The molecule has 0 unspecified atom stereocenters. The number of hydrogen-bond acceptors (Lipinski definition) is 5. The lowest BCUT2D eigenvalue weighted by Crippen LogP contribution is -2.42. The highest BCUT2D eigenvalue weighted by atomic mass is 19.1. The number of ketones is 1. The molecule has 0 saturated carbocycles. The lowest BCUT2D eigenvalue weighted by molar-refractivity contribution is -0.120. The predicted octanol–water partition coefficient (Wildman–Crippen LogP) is 5.26. The number of carbonyl (C=O) groups excluding carboxylic acids is 2. The third-order valence-electron chi connectivity index (χ3n) is 7.30. The Bertz CT molecular complexity index is 1580. The van der Waals surface area contributed by atoms with Gasteiger partial charge in [-0.1, -0.05) is 66.7 Å². The zero-order chi connectivity index (χ0) is 26.8. The molecule has 4 aromatic carbocycles. The molecule has 196 valence electrons. The molecule has 0 aromatic heterocycles. The lowest BCUT2D eigenvalue weighted by atomic mass is 10.0. The normalized spacial score (nSPS) is 14.5. The van der Waals surface area contributed by atoms with Crippen molar-refractivity contribution in [3.63, 3.8) is 0 Å². The summed E-state index contributed by atoms with van der Waals surface area (Å²) < 4.78 is 14.4. The van der Waals surface area contributed by atoms with E-state index in [4.69, 9.17) is 0 Å². The van der Waals surface area contributed by atoms with Gasteiger partial charge in [0.25, 0.3) is 5.91 Å². The van der Waals surface area contributed by atoms with Gasteiger partial charge in [0.15, 0.2) is 5.78 Å². The van der Waals surface area contributed by atoms with Gasteiger partial charge >= 0.3 is 0 Å². The molecule has 0 atom stereocenters. The molecule has 6 nitrogen and oxygen atoms in total. The first-order valence-corrected chi connectivity index (χ1v) is 13.3. The summed E-state index contributed by atoms with van der Waals surface area (Å²) in [7, 11) is 0. The van der Waals surface area contributed by atoms with Crippen LogP contribution in [0.15, 0.2) is 102 Å². The second kappa shape index (κ2) is 10.7. The number of carbonyl (C=O) groups is 2. The van der Waals surface area contributed by atoms with E-state index in [9.17, 15) is 14.0 Å². The summed E-state index contributed by atoms with van der Waals surface area (Å²) in [5.74, 6) is -0.814. The molecule has 0 bridgehead atoms. The van der Waals surface area contributed by atoms with Crippen molar-refractivity contribution in [1.29, 1.82) is 0 Å². The summed E-state index contributed by atoms with van der Waals surface area (Å²) in [4.78, 5) is 30.9. The van der Waals surface area contributed by atoms with Gasteiger partial charge in [-0.2, -0.15) is 0 Å². The zero-order valence-electron chi connectivity index (χ0n) is 21.5. The van der Waals surface area contributed by atoms with Crippen molar-refractivity contribution in [3.05, 3.63) is 114 Å². The molecule has 2 N–H and O–H groups in total. The van der Waals surface area contributed by atoms with E-state index in [2.05, 4.69) is 56.8 Å². The Morgan fingerprint density at radius 2 is 1.54 bits per heavy atom. The molecule has 1 amide bonds. The molecule has 0 radical (unpaired) electrons.